The first kappa shape index (κ1) is 7.39. The fourth-order valence-electron chi connectivity index (χ4n) is 0.213. The second-order valence-corrected chi connectivity index (χ2v) is 1.17. The van der Waals surface area contributed by atoms with Crippen LogP contribution in [0.3, 0.4) is 0 Å². The van der Waals surface area contributed by atoms with Gasteiger partial charge in [-0.1, -0.05) is 0 Å². The molecule has 0 bridgehead atoms. The maximum absolute atomic E-state index is 4.56. The van der Waals surface area contributed by atoms with Crippen LogP contribution in [0.5, 0.6) is 0 Å². The maximum Gasteiger partial charge on any atom is 1.00 e. The minimum absolute atomic E-state index is 0. The fraction of sp³-hybridized carbons (Fsp3) is 0. The van der Waals surface area contributed by atoms with Crippen molar-refractivity contribution in [2.24, 2.45) is 0 Å². The number of nitrogens with one attached hydrogen (secondary N) is 1. The van der Waals surface area contributed by atoms with E-state index in [0.29, 0.717) is 0 Å². The number of thiol groups is 1. The molecule has 0 fully saturated rings. The molecular weight excluding hydrogens is 208 g/mol. The van der Waals surface area contributed by atoms with Gasteiger partial charge in [-0.15, -0.1) is 0 Å². The van der Waals surface area contributed by atoms with Crippen molar-refractivity contribution in [3.05, 3.63) is 12.5 Å². The van der Waals surface area contributed by atoms with Crippen molar-refractivity contribution < 1.29 is 27.2 Å². The van der Waals surface area contributed by atoms with Crippen LogP contribution in [0, 0.1) is 0 Å². The van der Waals surface area contributed by atoms with Gasteiger partial charge in [0.1, 0.15) is 6.26 Å². The standard InChI is InChI=1S/C2H4N2OS.Ag/c6-4-3-1-2-5-4;/h1-3,6H;/q;+1. The normalized spacial score (nSPS) is 17.3. The Kier molecular flexibility index (Phi) is 3.59. The van der Waals surface area contributed by atoms with Crippen molar-refractivity contribution in [1.82, 2.24) is 10.0 Å². The first-order chi connectivity index (χ1) is 2.89. The van der Waals surface area contributed by atoms with E-state index < -0.39 is 0 Å². The Bertz CT molecular complexity index is 70.1. The van der Waals surface area contributed by atoms with Crippen LogP contribution in [-0.4, -0.2) is 4.58 Å². The SMILES string of the molecule is SN1NC=CO1.[Ag+]. The van der Waals surface area contributed by atoms with Gasteiger partial charge in [0.05, 0.1) is 6.20 Å². The number of hydrogen-bond acceptors (Lipinski definition) is 4. The molecule has 0 radical (unpaired) electrons. The molecule has 1 aliphatic rings. The van der Waals surface area contributed by atoms with Crippen molar-refractivity contribution in [2.75, 3.05) is 0 Å². The molecule has 0 atom stereocenters. The number of rotatable bonds is 0. The Morgan fingerprint density at radius 2 is 2.43 bits per heavy atom. The van der Waals surface area contributed by atoms with Crippen LogP contribution in [0.2, 0.25) is 0 Å². The van der Waals surface area contributed by atoms with Gasteiger partial charge < -0.3 is 4.84 Å². The van der Waals surface area contributed by atoms with E-state index in [9.17, 15) is 0 Å². The largest absolute Gasteiger partial charge is 1.00 e. The predicted octanol–water partition coefficient (Wildman–Crippen LogP) is 0.0517. The Morgan fingerprint density at radius 3 is 2.57 bits per heavy atom. The van der Waals surface area contributed by atoms with Gasteiger partial charge in [0, 0.05) is 4.58 Å². The van der Waals surface area contributed by atoms with Crippen LogP contribution >= 0.6 is 12.8 Å². The molecule has 0 amide bonds. The van der Waals surface area contributed by atoms with Gasteiger partial charge >= 0.3 is 22.4 Å². The Balaban J connectivity index is 0.000000360. The second-order valence-electron chi connectivity index (χ2n) is 0.810. The van der Waals surface area contributed by atoms with Crippen molar-refractivity contribution in [2.45, 2.75) is 0 Å². The molecule has 0 saturated heterocycles. The molecule has 3 nitrogen and oxygen atoms in total. The summed E-state index contributed by atoms with van der Waals surface area (Å²) in [6.07, 6.45) is 3.12. The first-order valence-corrected chi connectivity index (χ1v) is 1.86. The predicted molar refractivity (Wildman–Crippen MR) is 24.2 cm³/mol. The van der Waals surface area contributed by atoms with E-state index in [1.807, 2.05) is 0 Å². The van der Waals surface area contributed by atoms with Gasteiger partial charge in [-0.05, 0) is 12.8 Å². The minimum Gasteiger partial charge on any atom is -0.382 e. The van der Waals surface area contributed by atoms with Crippen molar-refractivity contribution >= 4 is 12.8 Å². The molecule has 0 spiro atoms. The molecule has 1 aliphatic heterocycles. The molecule has 0 aromatic heterocycles. The molecular formula is C2H4AgN2OS+. The van der Waals surface area contributed by atoms with E-state index >= 15 is 0 Å². The van der Waals surface area contributed by atoms with Crippen LogP contribution in [-0.2, 0) is 27.2 Å². The monoisotopic (exact) mass is 211 g/mol. The van der Waals surface area contributed by atoms with Gasteiger partial charge in [0.25, 0.3) is 0 Å². The van der Waals surface area contributed by atoms with Gasteiger partial charge in [0.15, 0.2) is 0 Å². The van der Waals surface area contributed by atoms with Crippen LogP contribution in [0.1, 0.15) is 0 Å². The molecule has 1 heterocycles. The molecule has 0 unspecified atom stereocenters. The summed E-state index contributed by atoms with van der Waals surface area (Å²) < 4.78 is 1.19. The topological polar surface area (TPSA) is 24.5 Å². The summed E-state index contributed by atoms with van der Waals surface area (Å²) in [5, 5.41) is 0. The number of hydrazine groups is 1. The average molecular weight is 212 g/mol. The second kappa shape index (κ2) is 3.40. The van der Waals surface area contributed by atoms with Crippen molar-refractivity contribution in [3.63, 3.8) is 0 Å². The summed E-state index contributed by atoms with van der Waals surface area (Å²) in [4.78, 5) is 4.56. The number of hydrogen-bond donors (Lipinski definition) is 2. The Hall–Kier alpha value is 0.390. The summed E-state index contributed by atoms with van der Waals surface area (Å²) in [5.41, 5.74) is 2.61. The maximum atomic E-state index is 4.56. The molecule has 7 heavy (non-hydrogen) atoms. The average Bonchev–Trinajstić information content (AvgIpc) is 1.86. The van der Waals surface area contributed by atoms with Gasteiger partial charge in [-0.25, -0.2) is 0 Å². The van der Waals surface area contributed by atoms with E-state index in [-0.39, 0.29) is 22.4 Å². The molecule has 0 saturated carbocycles. The third-order valence-electron chi connectivity index (χ3n) is 0.414. The minimum atomic E-state index is 0. The number of nitrogens with zero attached hydrogens (tertiary/aromatic N) is 1. The third kappa shape index (κ3) is 2.26. The van der Waals surface area contributed by atoms with Crippen LogP contribution < -0.4 is 5.43 Å². The third-order valence-corrected chi connectivity index (χ3v) is 0.623. The van der Waals surface area contributed by atoms with Gasteiger partial charge in [-0.2, -0.15) is 0 Å². The van der Waals surface area contributed by atoms with Gasteiger partial charge in [-0.3, -0.25) is 5.43 Å². The van der Waals surface area contributed by atoms with Gasteiger partial charge in [0.2, 0.25) is 0 Å². The summed E-state index contributed by atoms with van der Waals surface area (Å²) >= 11 is 3.73. The zero-order chi connectivity index (χ0) is 4.41. The molecule has 44 valence electrons. The summed E-state index contributed by atoms with van der Waals surface area (Å²) in [7, 11) is 0. The summed E-state index contributed by atoms with van der Waals surface area (Å²) in [6, 6.07) is 0. The fourth-order valence-corrected chi connectivity index (χ4v) is 0.334. The summed E-state index contributed by atoms with van der Waals surface area (Å²) in [6.45, 7) is 0. The van der Waals surface area contributed by atoms with E-state index in [1.165, 1.54) is 10.8 Å². The molecule has 0 aliphatic carbocycles. The van der Waals surface area contributed by atoms with E-state index in [4.69, 9.17) is 0 Å². The first-order valence-electron chi connectivity index (χ1n) is 1.46. The Labute approximate surface area is 62.7 Å². The van der Waals surface area contributed by atoms with Crippen molar-refractivity contribution in [1.29, 1.82) is 0 Å². The molecule has 1 rings (SSSR count). The molecule has 5 heteroatoms. The van der Waals surface area contributed by atoms with E-state index in [0.717, 1.165) is 0 Å². The molecule has 1 N–H and O–H groups in total. The van der Waals surface area contributed by atoms with E-state index in [1.54, 1.807) is 6.20 Å². The quantitative estimate of drug-likeness (QED) is 0.438. The zero-order valence-electron chi connectivity index (χ0n) is 3.26. The van der Waals surface area contributed by atoms with Crippen LogP contribution in [0.15, 0.2) is 12.5 Å². The van der Waals surface area contributed by atoms with E-state index in [2.05, 4.69) is 23.1 Å². The van der Waals surface area contributed by atoms with Crippen LogP contribution in [0.25, 0.3) is 0 Å². The van der Waals surface area contributed by atoms with Crippen molar-refractivity contribution in [3.8, 4) is 0 Å². The Morgan fingerprint density at radius 1 is 1.71 bits per heavy atom. The summed E-state index contributed by atoms with van der Waals surface area (Å²) in [5.74, 6) is 0. The zero-order valence-corrected chi connectivity index (χ0v) is 5.64. The molecule has 0 aromatic rings. The van der Waals surface area contributed by atoms with Crippen LogP contribution in [0.4, 0.5) is 0 Å². The molecule has 0 aromatic carbocycles. The smallest absolute Gasteiger partial charge is 0.382 e.